The first-order chi connectivity index (χ1) is 9.58. The predicted octanol–water partition coefficient (Wildman–Crippen LogP) is 1.70. The molecule has 0 fully saturated rings. The third-order valence-corrected chi connectivity index (χ3v) is 2.63. The summed E-state index contributed by atoms with van der Waals surface area (Å²) in [6.07, 6.45) is 1.08. The fourth-order valence-corrected chi connectivity index (χ4v) is 1.58. The number of nitrogens with one attached hydrogen (secondary N) is 1. The Morgan fingerprint density at radius 3 is 2.65 bits per heavy atom. The van der Waals surface area contributed by atoms with E-state index in [2.05, 4.69) is 10.4 Å². The number of aromatic nitrogens is 2. The fraction of sp³-hybridized carbons (Fsp3) is 0.214. The van der Waals surface area contributed by atoms with Crippen LogP contribution >= 0.6 is 0 Å². The van der Waals surface area contributed by atoms with Crippen molar-refractivity contribution in [2.45, 2.75) is 13.0 Å². The number of nitriles is 1. The summed E-state index contributed by atoms with van der Waals surface area (Å²) in [5, 5.41) is 15.4. The van der Waals surface area contributed by atoms with Gasteiger partial charge in [0.2, 0.25) is 0 Å². The van der Waals surface area contributed by atoms with E-state index in [0.717, 1.165) is 0 Å². The van der Waals surface area contributed by atoms with Gasteiger partial charge in [0.05, 0.1) is 11.6 Å². The van der Waals surface area contributed by atoms with Crippen LogP contribution in [0.5, 0.6) is 5.75 Å². The number of carbonyl (C=O) groups is 1. The zero-order chi connectivity index (χ0) is 14.5. The van der Waals surface area contributed by atoms with Gasteiger partial charge in [-0.25, -0.2) is 0 Å². The van der Waals surface area contributed by atoms with Crippen LogP contribution in [0.25, 0.3) is 0 Å². The minimum Gasteiger partial charge on any atom is -0.481 e. The van der Waals surface area contributed by atoms with Gasteiger partial charge in [0, 0.05) is 19.3 Å². The lowest BCUT2D eigenvalue weighted by atomic mass is 10.2. The van der Waals surface area contributed by atoms with Gasteiger partial charge in [-0.1, -0.05) is 0 Å². The lowest BCUT2D eigenvalue weighted by molar-refractivity contribution is -0.122. The van der Waals surface area contributed by atoms with E-state index in [9.17, 15) is 4.79 Å². The number of ether oxygens (including phenoxy) is 1. The SMILES string of the molecule is C[C@H](Oc1ccc(C#N)cc1)C(=O)Nc1ccn(C)n1. The number of aryl methyl sites for hydroxylation is 1. The van der Waals surface area contributed by atoms with Gasteiger partial charge in [0.25, 0.3) is 5.91 Å². The van der Waals surface area contributed by atoms with Gasteiger partial charge < -0.3 is 10.1 Å². The van der Waals surface area contributed by atoms with Crippen molar-refractivity contribution in [1.82, 2.24) is 9.78 Å². The van der Waals surface area contributed by atoms with Crippen LogP contribution in [0, 0.1) is 11.3 Å². The Morgan fingerprint density at radius 1 is 1.40 bits per heavy atom. The minimum atomic E-state index is -0.662. The lowest BCUT2D eigenvalue weighted by Crippen LogP contribution is -2.30. The Labute approximate surface area is 116 Å². The topological polar surface area (TPSA) is 79.9 Å². The summed E-state index contributed by atoms with van der Waals surface area (Å²) >= 11 is 0. The maximum absolute atomic E-state index is 11.9. The summed E-state index contributed by atoms with van der Waals surface area (Å²) in [6, 6.07) is 10.3. The van der Waals surface area contributed by atoms with Crippen molar-refractivity contribution >= 4 is 11.7 Å². The molecule has 0 radical (unpaired) electrons. The van der Waals surface area contributed by atoms with Gasteiger partial charge in [-0.3, -0.25) is 9.48 Å². The van der Waals surface area contributed by atoms with Crippen molar-refractivity contribution in [2.75, 3.05) is 5.32 Å². The number of nitrogens with zero attached hydrogens (tertiary/aromatic N) is 3. The quantitative estimate of drug-likeness (QED) is 0.917. The van der Waals surface area contributed by atoms with Gasteiger partial charge in [-0.05, 0) is 31.2 Å². The summed E-state index contributed by atoms with van der Waals surface area (Å²) in [6.45, 7) is 1.65. The van der Waals surface area contributed by atoms with Gasteiger partial charge in [-0.2, -0.15) is 10.4 Å². The van der Waals surface area contributed by atoms with Crippen LogP contribution in [0.1, 0.15) is 12.5 Å². The smallest absolute Gasteiger partial charge is 0.266 e. The van der Waals surface area contributed by atoms with Crippen LogP contribution in [-0.4, -0.2) is 21.8 Å². The molecule has 1 aromatic heterocycles. The van der Waals surface area contributed by atoms with Crippen LogP contribution in [0.3, 0.4) is 0 Å². The Bertz CT molecular complexity index is 640. The molecule has 0 unspecified atom stereocenters. The molecule has 0 saturated carbocycles. The summed E-state index contributed by atoms with van der Waals surface area (Å²) < 4.78 is 7.10. The number of rotatable bonds is 4. The first-order valence-corrected chi connectivity index (χ1v) is 6.06. The van der Waals surface area contributed by atoms with Gasteiger partial charge >= 0.3 is 0 Å². The molecule has 1 atom stereocenters. The van der Waals surface area contributed by atoms with E-state index < -0.39 is 6.10 Å². The van der Waals surface area contributed by atoms with Crippen LogP contribution in [-0.2, 0) is 11.8 Å². The number of benzene rings is 1. The average Bonchev–Trinajstić information content (AvgIpc) is 2.85. The first-order valence-electron chi connectivity index (χ1n) is 6.06. The number of hydrogen-bond acceptors (Lipinski definition) is 4. The highest BCUT2D eigenvalue weighted by molar-refractivity contribution is 5.93. The van der Waals surface area contributed by atoms with Crippen molar-refractivity contribution in [2.24, 2.45) is 7.05 Å². The molecule has 0 saturated heterocycles. The third kappa shape index (κ3) is 3.36. The molecule has 1 N–H and O–H groups in total. The monoisotopic (exact) mass is 270 g/mol. The van der Waals surface area contributed by atoms with Crippen molar-refractivity contribution in [3.63, 3.8) is 0 Å². The first kappa shape index (κ1) is 13.6. The molecule has 1 aromatic carbocycles. The van der Waals surface area contributed by atoms with Crippen molar-refractivity contribution in [3.8, 4) is 11.8 Å². The Kier molecular flexibility index (Phi) is 4.01. The van der Waals surface area contributed by atoms with E-state index in [1.165, 1.54) is 0 Å². The maximum atomic E-state index is 11.9. The fourth-order valence-electron chi connectivity index (χ4n) is 1.58. The summed E-state index contributed by atoms with van der Waals surface area (Å²) in [4.78, 5) is 11.9. The molecular formula is C14H14N4O2. The summed E-state index contributed by atoms with van der Waals surface area (Å²) in [5.74, 6) is 0.730. The van der Waals surface area contributed by atoms with Crippen molar-refractivity contribution in [1.29, 1.82) is 5.26 Å². The number of anilines is 1. The number of carbonyl (C=O) groups excluding carboxylic acids is 1. The van der Waals surface area contributed by atoms with Crippen molar-refractivity contribution < 1.29 is 9.53 Å². The third-order valence-electron chi connectivity index (χ3n) is 2.63. The molecule has 6 heteroatoms. The molecule has 0 aliphatic carbocycles. The highest BCUT2D eigenvalue weighted by Gasteiger charge is 2.15. The second-order valence-corrected chi connectivity index (χ2v) is 4.26. The zero-order valence-corrected chi connectivity index (χ0v) is 11.2. The van der Waals surface area contributed by atoms with Crippen LogP contribution in [0.15, 0.2) is 36.5 Å². The lowest BCUT2D eigenvalue weighted by Gasteiger charge is -2.13. The number of amides is 1. The molecule has 0 bridgehead atoms. The normalized spacial score (nSPS) is 11.4. The molecule has 0 aliphatic heterocycles. The minimum absolute atomic E-state index is 0.284. The Hall–Kier alpha value is -2.81. The van der Waals surface area contributed by atoms with E-state index >= 15 is 0 Å². The highest BCUT2D eigenvalue weighted by atomic mass is 16.5. The van der Waals surface area contributed by atoms with Crippen LogP contribution in [0.4, 0.5) is 5.82 Å². The molecule has 0 aliphatic rings. The molecule has 1 amide bonds. The molecule has 102 valence electrons. The molecule has 6 nitrogen and oxygen atoms in total. The Morgan fingerprint density at radius 2 is 2.10 bits per heavy atom. The summed E-state index contributed by atoms with van der Waals surface area (Å²) in [7, 11) is 1.77. The molecule has 20 heavy (non-hydrogen) atoms. The largest absolute Gasteiger partial charge is 0.481 e. The average molecular weight is 270 g/mol. The molecular weight excluding hydrogens is 256 g/mol. The standard InChI is InChI=1S/C14H14N4O2/c1-10(14(19)16-13-7-8-18(2)17-13)20-12-5-3-11(9-15)4-6-12/h3-8,10H,1-2H3,(H,16,17,19)/t10-/m0/s1. The highest BCUT2D eigenvalue weighted by Crippen LogP contribution is 2.14. The van der Waals surface area contributed by atoms with E-state index in [1.54, 1.807) is 55.2 Å². The molecule has 2 rings (SSSR count). The molecule has 0 spiro atoms. The number of hydrogen-bond donors (Lipinski definition) is 1. The van der Waals surface area contributed by atoms with Crippen LogP contribution < -0.4 is 10.1 Å². The second-order valence-electron chi connectivity index (χ2n) is 4.26. The van der Waals surface area contributed by atoms with E-state index in [1.807, 2.05) is 6.07 Å². The predicted molar refractivity (Wildman–Crippen MR) is 73.1 cm³/mol. The van der Waals surface area contributed by atoms with Gasteiger partial charge in [-0.15, -0.1) is 0 Å². The molecule has 2 aromatic rings. The Balaban J connectivity index is 1.95. The zero-order valence-electron chi connectivity index (χ0n) is 11.2. The summed E-state index contributed by atoms with van der Waals surface area (Å²) in [5.41, 5.74) is 0.544. The van der Waals surface area contributed by atoms with E-state index in [4.69, 9.17) is 10.00 Å². The van der Waals surface area contributed by atoms with E-state index in [0.29, 0.717) is 17.1 Å². The van der Waals surface area contributed by atoms with Crippen molar-refractivity contribution in [3.05, 3.63) is 42.1 Å². The van der Waals surface area contributed by atoms with E-state index in [-0.39, 0.29) is 5.91 Å². The maximum Gasteiger partial charge on any atom is 0.266 e. The molecule has 1 heterocycles. The van der Waals surface area contributed by atoms with Crippen LogP contribution in [0.2, 0.25) is 0 Å². The van der Waals surface area contributed by atoms with Gasteiger partial charge in [0.15, 0.2) is 11.9 Å². The van der Waals surface area contributed by atoms with Gasteiger partial charge in [0.1, 0.15) is 5.75 Å². The second kappa shape index (κ2) is 5.89.